The molecule has 0 amide bonds. The van der Waals surface area contributed by atoms with Gasteiger partial charge in [-0.15, -0.1) is 0 Å². The van der Waals surface area contributed by atoms with Crippen molar-refractivity contribution in [2.45, 2.75) is 39.3 Å². The Labute approximate surface area is 110 Å². The molecule has 5 nitrogen and oxygen atoms in total. The third-order valence-corrected chi connectivity index (χ3v) is 4.02. The van der Waals surface area contributed by atoms with Crippen molar-refractivity contribution in [3.63, 3.8) is 0 Å². The predicted octanol–water partition coefficient (Wildman–Crippen LogP) is 1.03. The maximum Gasteiger partial charge on any atom is 0.164 e. The number of aromatic nitrogens is 3. The van der Waals surface area contributed by atoms with Crippen LogP contribution in [0.5, 0.6) is 0 Å². The maximum absolute atomic E-state index is 4.29. The van der Waals surface area contributed by atoms with Gasteiger partial charge in [0.05, 0.1) is 6.54 Å². The Morgan fingerprint density at radius 3 is 2.72 bits per heavy atom. The van der Waals surface area contributed by atoms with E-state index in [0.717, 1.165) is 18.3 Å². The lowest BCUT2D eigenvalue weighted by molar-refractivity contribution is 0.168. The molecule has 1 unspecified atom stereocenters. The summed E-state index contributed by atoms with van der Waals surface area (Å²) < 4.78 is 1.75. The lowest BCUT2D eigenvalue weighted by Crippen LogP contribution is -2.41. The van der Waals surface area contributed by atoms with Crippen LogP contribution in [0.4, 0.5) is 0 Å². The summed E-state index contributed by atoms with van der Waals surface area (Å²) in [5, 5.41) is 7.85. The van der Waals surface area contributed by atoms with Gasteiger partial charge in [-0.3, -0.25) is 4.68 Å². The van der Waals surface area contributed by atoms with E-state index < -0.39 is 0 Å². The molecular formula is C13H25N5. The number of nitrogens with zero attached hydrogens (tertiary/aromatic N) is 4. The van der Waals surface area contributed by atoms with E-state index in [1.807, 2.05) is 7.05 Å². The third kappa shape index (κ3) is 3.53. The molecule has 1 atom stereocenters. The average molecular weight is 251 g/mol. The summed E-state index contributed by atoms with van der Waals surface area (Å²) in [5.41, 5.74) is 0. The first-order chi connectivity index (χ1) is 8.69. The van der Waals surface area contributed by atoms with Gasteiger partial charge in [0.2, 0.25) is 0 Å². The largest absolute Gasteiger partial charge is 0.307 e. The molecule has 0 bridgehead atoms. The highest BCUT2D eigenvalue weighted by molar-refractivity contribution is 4.84. The molecule has 1 N–H and O–H groups in total. The van der Waals surface area contributed by atoms with Crippen LogP contribution in [0.1, 0.15) is 32.5 Å². The summed E-state index contributed by atoms with van der Waals surface area (Å²) in [4.78, 5) is 6.77. The Bertz CT molecular complexity index is 354. The number of nitrogens with one attached hydrogen (secondary N) is 1. The van der Waals surface area contributed by atoms with E-state index in [1.54, 1.807) is 11.0 Å². The molecule has 1 aromatic rings. The smallest absolute Gasteiger partial charge is 0.164 e. The number of hydrogen-bond acceptors (Lipinski definition) is 4. The molecule has 1 aliphatic heterocycles. The van der Waals surface area contributed by atoms with Gasteiger partial charge in [-0.05, 0) is 45.3 Å². The van der Waals surface area contributed by atoms with Crippen molar-refractivity contribution in [1.29, 1.82) is 0 Å². The summed E-state index contributed by atoms with van der Waals surface area (Å²) in [6.07, 6.45) is 4.36. The lowest BCUT2D eigenvalue weighted by atomic mass is 9.90. The normalized spacial score (nSPS) is 20.2. The SMILES string of the molecule is CCN1CCC(C(C)NCc2ncn(C)n2)CC1. The molecule has 0 aromatic carbocycles. The molecule has 0 radical (unpaired) electrons. The zero-order valence-electron chi connectivity index (χ0n) is 11.8. The van der Waals surface area contributed by atoms with Crippen LogP contribution in [-0.4, -0.2) is 45.3 Å². The predicted molar refractivity (Wildman–Crippen MR) is 72.1 cm³/mol. The first kappa shape index (κ1) is 13.5. The Balaban J connectivity index is 1.73. The molecular weight excluding hydrogens is 226 g/mol. The Morgan fingerprint density at radius 2 is 2.17 bits per heavy atom. The standard InChI is InChI=1S/C13H25N5/c1-4-18-7-5-12(6-8-18)11(2)14-9-13-15-10-17(3)16-13/h10-12,14H,4-9H2,1-3H3. The van der Waals surface area contributed by atoms with Crippen LogP contribution >= 0.6 is 0 Å². The Morgan fingerprint density at radius 1 is 1.44 bits per heavy atom. The van der Waals surface area contributed by atoms with Gasteiger partial charge < -0.3 is 10.2 Å². The number of rotatable bonds is 5. The topological polar surface area (TPSA) is 46.0 Å². The lowest BCUT2D eigenvalue weighted by Gasteiger charge is -2.34. The first-order valence-electron chi connectivity index (χ1n) is 6.99. The molecule has 1 aliphatic rings. The van der Waals surface area contributed by atoms with Crippen molar-refractivity contribution < 1.29 is 0 Å². The van der Waals surface area contributed by atoms with E-state index in [9.17, 15) is 0 Å². The summed E-state index contributed by atoms with van der Waals surface area (Å²) >= 11 is 0. The molecule has 0 spiro atoms. The van der Waals surface area contributed by atoms with Crippen LogP contribution in [0.3, 0.4) is 0 Å². The van der Waals surface area contributed by atoms with Crippen molar-refractivity contribution in [2.75, 3.05) is 19.6 Å². The van der Waals surface area contributed by atoms with Crippen molar-refractivity contribution in [1.82, 2.24) is 25.0 Å². The molecule has 1 saturated heterocycles. The monoisotopic (exact) mass is 251 g/mol. The second-order valence-electron chi connectivity index (χ2n) is 5.28. The summed E-state index contributed by atoms with van der Waals surface area (Å²) in [5.74, 6) is 1.67. The van der Waals surface area contributed by atoms with E-state index in [2.05, 4.69) is 34.1 Å². The third-order valence-electron chi connectivity index (χ3n) is 4.02. The van der Waals surface area contributed by atoms with E-state index in [4.69, 9.17) is 0 Å². The maximum atomic E-state index is 4.29. The average Bonchev–Trinajstić information content (AvgIpc) is 2.82. The van der Waals surface area contributed by atoms with Gasteiger partial charge in [0.25, 0.3) is 0 Å². The van der Waals surface area contributed by atoms with Crippen LogP contribution in [-0.2, 0) is 13.6 Å². The van der Waals surface area contributed by atoms with Gasteiger partial charge in [0, 0.05) is 13.1 Å². The van der Waals surface area contributed by atoms with Crippen LogP contribution in [0.2, 0.25) is 0 Å². The van der Waals surface area contributed by atoms with E-state index in [-0.39, 0.29) is 0 Å². The molecule has 1 aromatic heterocycles. The van der Waals surface area contributed by atoms with Crippen LogP contribution in [0.15, 0.2) is 6.33 Å². The molecule has 5 heteroatoms. The van der Waals surface area contributed by atoms with E-state index in [0.29, 0.717) is 6.04 Å². The summed E-state index contributed by atoms with van der Waals surface area (Å²) in [6.45, 7) is 8.98. The van der Waals surface area contributed by atoms with Gasteiger partial charge in [0.1, 0.15) is 6.33 Å². The van der Waals surface area contributed by atoms with Crippen molar-refractivity contribution in [2.24, 2.45) is 13.0 Å². The number of piperidine rings is 1. The highest BCUT2D eigenvalue weighted by Crippen LogP contribution is 2.20. The highest BCUT2D eigenvalue weighted by atomic mass is 15.3. The molecule has 18 heavy (non-hydrogen) atoms. The molecule has 0 aliphatic carbocycles. The first-order valence-corrected chi connectivity index (χ1v) is 6.99. The van der Waals surface area contributed by atoms with Gasteiger partial charge >= 0.3 is 0 Å². The van der Waals surface area contributed by atoms with Gasteiger partial charge in [-0.25, -0.2) is 4.98 Å². The van der Waals surface area contributed by atoms with Crippen LogP contribution in [0, 0.1) is 5.92 Å². The quantitative estimate of drug-likeness (QED) is 0.849. The van der Waals surface area contributed by atoms with Gasteiger partial charge in [-0.2, -0.15) is 5.10 Å². The number of aryl methyl sites for hydroxylation is 1. The van der Waals surface area contributed by atoms with Crippen LogP contribution < -0.4 is 5.32 Å². The fraction of sp³-hybridized carbons (Fsp3) is 0.846. The van der Waals surface area contributed by atoms with E-state index >= 15 is 0 Å². The van der Waals surface area contributed by atoms with Crippen LogP contribution in [0.25, 0.3) is 0 Å². The Kier molecular flexibility index (Phi) is 4.72. The van der Waals surface area contributed by atoms with Crippen molar-refractivity contribution in [3.8, 4) is 0 Å². The zero-order chi connectivity index (χ0) is 13.0. The minimum Gasteiger partial charge on any atom is -0.307 e. The van der Waals surface area contributed by atoms with Gasteiger partial charge in [0.15, 0.2) is 5.82 Å². The van der Waals surface area contributed by atoms with Crippen molar-refractivity contribution >= 4 is 0 Å². The second kappa shape index (κ2) is 6.29. The van der Waals surface area contributed by atoms with E-state index in [1.165, 1.54) is 32.5 Å². The highest BCUT2D eigenvalue weighted by Gasteiger charge is 2.22. The molecule has 2 rings (SSSR count). The Hall–Kier alpha value is -0.940. The number of hydrogen-bond donors (Lipinski definition) is 1. The fourth-order valence-corrected chi connectivity index (χ4v) is 2.65. The summed E-state index contributed by atoms with van der Waals surface area (Å²) in [7, 11) is 1.90. The second-order valence-corrected chi connectivity index (χ2v) is 5.28. The van der Waals surface area contributed by atoms with Crippen molar-refractivity contribution in [3.05, 3.63) is 12.2 Å². The molecule has 1 fully saturated rings. The fourth-order valence-electron chi connectivity index (χ4n) is 2.65. The van der Waals surface area contributed by atoms with Gasteiger partial charge in [-0.1, -0.05) is 6.92 Å². The minimum atomic E-state index is 0.549. The summed E-state index contributed by atoms with van der Waals surface area (Å²) in [6, 6.07) is 0.549. The molecule has 2 heterocycles. The number of likely N-dealkylation sites (tertiary alicyclic amines) is 1. The molecule has 102 valence electrons. The molecule has 0 saturated carbocycles. The minimum absolute atomic E-state index is 0.549. The zero-order valence-corrected chi connectivity index (χ0v) is 11.8.